The van der Waals surface area contributed by atoms with E-state index in [-0.39, 0.29) is 22.6 Å². The molecule has 40 heavy (non-hydrogen) atoms. The minimum absolute atomic E-state index is 0.0795. The molecule has 1 atom stereocenters. The second-order valence-corrected chi connectivity index (χ2v) is 9.31. The van der Waals surface area contributed by atoms with E-state index >= 15 is 0 Å². The van der Waals surface area contributed by atoms with Crippen LogP contribution in [-0.2, 0) is 12.6 Å². The Morgan fingerprint density at radius 2 is 1.77 bits per heavy atom. The third kappa shape index (κ3) is 6.12. The summed E-state index contributed by atoms with van der Waals surface area (Å²) in [6, 6.07) is 14.9. The molecule has 1 heterocycles. The van der Waals surface area contributed by atoms with Crippen LogP contribution in [0.4, 0.5) is 22.0 Å². The Morgan fingerprint density at radius 3 is 2.42 bits per heavy atom. The smallest absolute Gasteiger partial charge is 0.300 e. The number of hydrogen-bond donors (Lipinski definition) is 0. The zero-order chi connectivity index (χ0) is 28.9. The summed E-state index contributed by atoms with van der Waals surface area (Å²) >= 11 is 0. The first kappa shape index (κ1) is 28.7. The van der Waals surface area contributed by atoms with E-state index in [0.29, 0.717) is 29.8 Å². The first-order valence-corrected chi connectivity index (χ1v) is 12.8. The van der Waals surface area contributed by atoms with Gasteiger partial charge in [-0.05, 0) is 72.7 Å². The lowest BCUT2D eigenvalue weighted by Crippen LogP contribution is -2.11. The topological polar surface area (TPSA) is 24.7 Å². The van der Waals surface area contributed by atoms with Crippen molar-refractivity contribution in [1.29, 1.82) is 0 Å². The number of halogens is 5. The maximum absolute atomic E-state index is 14.5. The molecular formula is C33H27F5N2. The maximum Gasteiger partial charge on any atom is 0.417 e. The molecule has 1 aliphatic rings. The zero-order valence-electron chi connectivity index (χ0n) is 22.1. The number of benzene rings is 3. The van der Waals surface area contributed by atoms with Crippen molar-refractivity contribution in [2.24, 2.45) is 15.9 Å². The molecule has 1 aliphatic heterocycles. The Hall–Kier alpha value is -4.31. The van der Waals surface area contributed by atoms with Gasteiger partial charge in [0.15, 0.2) is 11.6 Å². The Bertz CT molecular complexity index is 1550. The molecule has 0 radical (unpaired) electrons. The van der Waals surface area contributed by atoms with Gasteiger partial charge in [0.25, 0.3) is 0 Å². The predicted octanol–water partition coefficient (Wildman–Crippen LogP) is 8.60. The molecule has 0 amide bonds. The van der Waals surface area contributed by atoms with Crippen molar-refractivity contribution in [2.45, 2.75) is 32.4 Å². The van der Waals surface area contributed by atoms with Gasteiger partial charge in [0.1, 0.15) is 0 Å². The average molecular weight is 547 g/mol. The Balaban J connectivity index is 1.49. The number of aryl methyl sites for hydroxylation is 1. The van der Waals surface area contributed by atoms with Gasteiger partial charge in [-0.15, -0.1) is 6.42 Å². The number of hydrogen-bond acceptors (Lipinski definition) is 2. The first-order chi connectivity index (χ1) is 19.2. The highest BCUT2D eigenvalue weighted by Gasteiger charge is 2.34. The Kier molecular flexibility index (Phi) is 8.79. The van der Waals surface area contributed by atoms with Crippen molar-refractivity contribution in [1.82, 2.24) is 0 Å². The molecular weight excluding hydrogens is 519 g/mol. The van der Waals surface area contributed by atoms with E-state index in [1.54, 1.807) is 25.4 Å². The van der Waals surface area contributed by atoms with Crippen molar-refractivity contribution in [2.75, 3.05) is 7.05 Å². The van der Waals surface area contributed by atoms with Crippen LogP contribution in [0.3, 0.4) is 0 Å². The largest absolute Gasteiger partial charge is 0.417 e. The second-order valence-electron chi connectivity index (χ2n) is 9.31. The van der Waals surface area contributed by atoms with Gasteiger partial charge in [0.05, 0.1) is 22.9 Å². The highest BCUT2D eigenvalue weighted by atomic mass is 19.4. The van der Waals surface area contributed by atoms with Crippen LogP contribution in [0.2, 0.25) is 0 Å². The van der Waals surface area contributed by atoms with E-state index in [1.807, 2.05) is 31.2 Å². The van der Waals surface area contributed by atoms with Gasteiger partial charge in [0, 0.05) is 24.4 Å². The van der Waals surface area contributed by atoms with Crippen LogP contribution in [-0.4, -0.2) is 19.0 Å². The number of terminal acetylenes is 1. The summed E-state index contributed by atoms with van der Waals surface area (Å²) in [6.07, 6.45) is 8.42. The van der Waals surface area contributed by atoms with Gasteiger partial charge in [-0.3, -0.25) is 9.98 Å². The van der Waals surface area contributed by atoms with Crippen molar-refractivity contribution in [3.8, 4) is 23.5 Å². The lowest BCUT2D eigenvalue weighted by Gasteiger charge is -2.14. The quantitative estimate of drug-likeness (QED) is 0.123. The number of nitrogens with zero attached hydrogens (tertiary/aromatic N) is 2. The normalized spacial score (nSPS) is 17.6. The van der Waals surface area contributed by atoms with E-state index < -0.39 is 23.4 Å². The SMILES string of the molecule is C#Cc1ccc(-c2ccc(CCC/C=C3N=C(c4cccc(F)c4F)/C(=C/C)C/3C=NC)cc2)c(C(F)(F)F)c1. The van der Waals surface area contributed by atoms with Gasteiger partial charge in [-0.25, -0.2) is 8.78 Å². The molecule has 0 saturated heterocycles. The highest BCUT2D eigenvalue weighted by Crippen LogP contribution is 2.38. The first-order valence-electron chi connectivity index (χ1n) is 12.8. The number of allylic oxidation sites excluding steroid dienone is 3. The van der Waals surface area contributed by atoms with Gasteiger partial charge in [-0.2, -0.15) is 13.2 Å². The average Bonchev–Trinajstić information content (AvgIpc) is 3.29. The molecule has 0 aliphatic carbocycles. The molecule has 0 N–H and O–H groups in total. The second kappa shape index (κ2) is 12.3. The summed E-state index contributed by atoms with van der Waals surface area (Å²) in [4.78, 5) is 8.80. The molecule has 4 rings (SSSR count). The van der Waals surface area contributed by atoms with Gasteiger partial charge < -0.3 is 0 Å². The van der Waals surface area contributed by atoms with Gasteiger partial charge in [-0.1, -0.05) is 54.5 Å². The molecule has 3 aromatic carbocycles. The number of unbranched alkanes of at least 4 members (excludes halogenated alkanes) is 1. The molecule has 1 unspecified atom stereocenters. The third-order valence-corrected chi connectivity index (χ3v) is 6.76. The monoisotopic (exact) mass is 546 g/mol. The molecule has 0 saturated carbocycles. The Labute approximate surface area is 230 Å². The summed E-state index contributed by atoms with van der Waals surface area (Å²) in [7, 11) is 1.65. The van der Waals surface area contributed by atoms with Crippen LogP contribution < -0.4 is 0 Å². The molecule has 7 heteroatoms. The van der Waals surface area contributed by atoms with Crippen LogP contribution in [0, 0.1) is 29.9 Å². The molecule has 3 aromatic rings. The fraction of sp³-hybridized carbons (Fsp3) is 0.212. The molecule has 2 nitrogen and oxygen atoms in total. The standard InChI is InChI=1S/C33H27F5N2/c1-4-21-15-18-25(28(19-21)33(36,37)38)23-16-13-22(14-17-23)9-6-7-12-30-27(20-39-3)24(5-2)32(40-30)26-10-8-11-29(34)31(26)35/h1,5,8,10-20,27H,6-7,9H2,2-3H3/b24-5+,30-12+,39-20?. The Morgan fingerprint density at radius 1 is 1.02 bits per heavy atom. The van der Waals surface area contributed by atoms with Gasteiger partial charge in [0.2, 0.25) is 0 Å². The minimum Gasteiger partial charge on any atom is -0.300 e. The van der Waals surface area contributed by atoms with E-state index in [1.165, 1.54) is 24.3 Å². The fourth-order valence-corrected chi connectivity index (χ4v) is 4.79. The lowest BCUT2D eigenvalue weighted by molar-refractivity contribution is -0.137. The van der Waals surface area contributed by atoms with Crippen molar-refractivity contribution < 1.29 is 22.0 Å². The van der Waals surface area contributed by atoms with Crippen LogP contribution in [0.5, 0.6) is 0 Å². The van der Waals surface area contributed by atoms with Gasteiger partial charge >= 0.3 is 6.18 Å². The fourth-order valence-electron chi connectivity index (χ4n) is 4.79. The number of rotatable bonds is 7. The molecule has 0 fully saturated rings. The summed E-state index contributed by atoms with van der Waals surface area (Å²) in [5.74, 6) is 0.115. The number of aliphatic imine (C=N–C) groups is 2. The van der Waals surface area contributed by atoms with Crippen LogP contribution in [0.1, 0.15) is 42.0 Å². The van der Waals surface area contributed by atoms with Crippen LogP contribution in [0.15, 0.2) is 94.1 Å². The molecule has 204 valence electrons. The van der Waals surface area contributed by atoms with Crippen LogP contribution >= 0.6 is 0 Å². The summed E-state index contributed by atoms with van der Waals surface area (Å²) in [5.41, 5.74) is 2.89. The van der Waals surface area contributed by atoms with Crippen molar-refractivity contribution in [3.63, 3.8) is 0 Å². The summed E-state index contributed by atoms with van der Waals surface area (Å²) in [5, 5.41) is 0. The van der Waals surface area contributed by atoms with E-state index in [2.05, 4.69) is 15.9 Å². The van der Waals surface area contributed by atoms with Crippen molar-refractivity contribution >= 4 is 11.9 Å². The summed E-state index contributed by atoms with van der Waals surface area (Å²) in [6.45, 7) is 1.83. The minimum atomic E-state index is -4.52. The van der Waals surface area contributed by atoms with E-state index in [4.69, 9.17) is 6.42 Å². The van der Waals surface area contributed by atoms with Crippen molar-refractivity contribution in [3.05, 3.63) is 118 Å². The van der Waals surface area contributed by atoms with Crippen LogP contribution in [0.25, 0.3) is 11.1 Å². The predicted molar refractivity (Wildman–Crippen MR) is 150 cm³/mol. The number of alkyl halides is 3. The molecule has 0 bridgehead atoms. The molecule has 0 spiro atoms. The highest BCUT2D eigenvalue weighted by molar-refractivity contribution is 6.17. The maximum atomic E-state index is 14.5. The summed E-state index contributed by atoms with van der Waals surface area (Å²) < 4.78 is 69.3. The third-order valence-electron chi connectivity index (χ3n) is 6.76. The molecule has 0 aromatic heterocycles. The lowest BCUT2D eigenvalue weighted by atomic mass is 9.92. The van der Waals surface area contributed by atoms with E-state index in [9.17, 15) is 22.0 Å². The zero-order valence-corrected chi connectivity index (χ0v) is 22.1. The van der Waals surface area contributed by atoms with E-state index in [0.717, 1.165) is 29.7 Å².